The molecule has 0 saturated heterocycles. The summed E-state index contributed by atoms with van der Waals surface area (Å²) in [7, 11) is 0. The summed E-state index contributed by atoms with van der Waals surface area (Å²) in [6.45, 7) is 0. The third-order valence-corrected chi connectivity index (χ3v) is 3.42. The topological polar surface area (TPSA) is 67.1 Å². The number of amides is 2. The summed E-state index contributed by atoms with van der Waals surface area (Å²) in [6, 6.07) is 7.76. The summed E-state index contributed by atoms with van der Waals surface area (Å²) < 4.78 is 0. The minimum absolute atomic E-state index is 0.131. The molecule has 1 saturated carbocycles. The summed E-state index contributed by atoms with van der Waals surface area (Å²) >= 11 is 4.86. The van der Waals surface area contributed by atoms with Crippen LogP contribution in [0.4, 0.5) is 10.5 Å². The lowest BCUT2D eigenvalue weighted by molar-refractivity contribution is 0.248. The van der Waals surface area contributed by atoms with Crippen molar-refractivity contribution in [3.63, 3.8) is 0 Å². The van der Waals surface area contributed by atoms with E-state index in [9.17, 15) is 4.79 Å². The van der Waals surface area contributed by atoms with E-state index in [-0.39, 0.29) is 6.03 Å². The molecule has 1 aromatic rings. The maximum atomic E-state index is 11.8. The normalized spacial score (nSPS) is 15.2. The van der Waals surface area contributed by atoms with Crippen molar-refractivity contribution in [3.05, 3.63) is 29.8 Å². The SMILES string of the molecule is NC(=S)Cc1ccc(NC(=O)NC2CCCC2)cc1. The first-order valence-electron chi connectivity index (χ1n) is 6.58. The number of carbonyl (C=O) groups excluding carboxylic acids is 1. The lowest BCUT2D eigenvalue weighted by Crippen LogP contribution is -2.36. The van der Waals surface area contributed by atoms with Crippen molar-refractivity contribution < 1.29 is 4.79 Å². The summed E-state index contributed by atoms with van der Waals surface area (Å²) in [5.74, 6) is 0. The highest BCUT2D eigenvalue weighted by molar-refractivity contribution is 7.80. The van der Waals surface area contributed by atoms with E-state index in [1.54, 1.807) is 0 Å². The lowest BCUT2D eigenvalue weighted by atomic mass is 10.1. The van der Waals surface area contributed by atoms with E-state index in [1.165, 1.54) is 12.8 Å². The Morgan fingerprint density at radius 2 is 1.89 bits per heavy atom. The van der Waals surface area contributed by atoms with Gasteiger partial charge in [0.05, 0.1) is 4.99 Å². The van der Waals surface area contributed by atoms with Crippen molar-refractivity contribution in [1.29, 1.82) is 0 Å². The molecule has 0 bridgehead atoms. The fourth-order valence-electron chi connectivity index (χ4n) is 2.33. The first kappa shape index (κ1) is 13.8. The maximum Gasteiger partial charge on any atom is 0.319 e. The molecule has 1 aliphatic rings. The number of carbonyl (C=O) groups is 1. The molecular weight excluding hydrogens is 258 g/mol. The van der Waals surface area contributed by atoms with Gasteiger partial charge in [0.15, 0.2) is 0 Å². The standard InChI is InChI=1S/C14H19N3OS/c15-13(19)9-10-5-7-12(8-6-10)17-14(18)16-11-3-1-2-4-11/h5-8,11H,1-4,9H2,(H2,15,19)(H2,16,17,18). The molecule has 19 heavy (non-hydrogen) atoms. The van der Waals surface area contributed by atoms with Crippen LogP contribution in [0.1, 0.15) is 31.2 Å². The van der Waals surface area contributed by atoms with Gasteiger partial charge in [0, 0.05) is 18.2 Å². The Bertz CT molecular complexity index is 452. The highest BCUT2D eigenvalue weighted by Crippen LogP contribution is 2.18. The lowest BCUT2D eigenvalue weighted by Gasteiger charge is -2.13. The van der Waals surface area contributed by atoms with Crippen molar-refractivity contribution in [2.45, 2.75) is 38.1 Å². The van der Waals surface area contributed by atoms with Crippen LogP contribution < -0.4 is 16.4 Å². The molecule has 0 atom stereocenters. The number of benzene rings is 1. The van der Waals surface area contributed by atoms with E-state index in [0.717, 1.165) is 24.1 Å². The van der Waals surface area contributed by atoms with Gasteiger partial charge < -0.3 is 16.4 Å². The van der Waals surface area contributed by atoms with Crippen LogP contribution in [0, 0.1) is 0 Å². The number of nitrogens with two attached hydrogens (primary N) is 1. The minimum Gasteiger partial charge on any atom is -0.393 e. The smallest absolute Gasteiger partial charge is 0.319 e. The second-order valence-electron chi connectivity index (χ2n) is 4.92. The van der Waals surface area contributed by atoms with Crippen molar-refractivity contribution in [1.82, 2.24) is 5.32 Å². The Hall–Kier alpha value is -1.62. The molecule has 0 spiro atoms. The Labute approximate surface area is 118 Å². The van der Waals surface area contributed by atoms with Crippen LogP contribution in [0.3, 0.4) is 0 Å². The molecule has 1 fully saturated rings. The van der Waals surface area contributed by atoms with Crippen LogP contribution in [-0.2, 0) is 6.42 Å². The monoisotopic (exact) mass is 277 g/mol. The van der Waals surface area contributed by atoms with E-state index < -0.39 is 0 Å². The van der Waals surface area contributed by atoms with Crippen LogP contribution >= 0.6 is 12.2 Å². The van der Waals surface area contributed by atoms with Gasteiger partial charge in [-0.15, -0.1) is 0 Å². The number of rotatable bonds is 4. The zero-order chi connectivity index (χ0) is 13.7. The molecular formula is C14H19N3OS. The van der Waals surface area contributed by atoms with Gasteiger partial charge in [0.25, 0.3) is 0 Å². The number of hydrogen-bond acceptors (Lipinski definition) is 2. The molecule has 4 N–H and O–H groups in total. The Kier molecular flexibility index (Phi) is 4.74. The van der Waals surface area contributed by atoms with E-state index in [4.69, 9.17) is 18.0 Å². The summed E-state index contributed by atoms with van der Waals surface area (Å²) in [5.41, 5.74) is 7.32. The van der Waals surface area contributed by atoms with Crippen LogP contribution in [-0.4, -0.2) is 17.1 Å². The molecule has 0 aliphatic heterocycles. The largest absolute Gasteiger partial charge is 0.393 e. The predicted molar refractivity (Wildman–Crippen MR) is 81.3 cm³/mol. The van der Waals surface area contributed by atoms with Crippen molar-refractivity contribution in [2.24, 2.45) is 5.73 Å². The Balaban J connectivity index is 1.84. The number of thiocarbonyl (C=S) groups is 1. The number of nitrogens with one attached hydrogen (secondary N) is 2. The molecule has 0 aromatic heterocycles. The van der Waals surface area contributed by atoms with Crippen molar-refractivity contribution in [3.8, 4) is 0 Å². The molecule has 1 aliphatic carbocycles. The number of hydrogen-bond donors (Lipinski definition) is 3. The van der Waals surface area contributed by atoms with E-state index in [2.05, 4.69) is 10.6 Å². The minimum atomic E-state index is -0.131. The second-order valence-corrected chi connectivity index (χ2v) is 5.44. The third kappa shape index (κ3) is 4.52. The molecule has 2 amide bonds. The Morgan fingerprint density at radius 1 is 1.26 bits per heavy atom. The van der Waals surface area contributed by atoms with Gasteiger partial charge in [-0.3, -0.25) is 0 Å². The van der Waals surface area contributed by atoms with Crippen molar-refractivity contribution >= 4 is 28.9 Å². The van der Waals surface area contributed by atoms with Crippen LogP contribution in [0.15, 0.2) is 24.3 Å². The molecule has 0 unspecified atom stereocenters. The molecule has 0 heterocycles. The van der Waals surface area contributed by atoms with Gasteiger partial charge in [-0.1, -0.05) is 37.2 Å². The maximum absolute atomic E-state index is 11.8. The van der Waals surface area contributed by atoms with E-state index in [0.29, 0.717) is 17.5 Å². The molecule has 5 heteroatoms. The predicted octanol–water partition coefficient (Wildman–Crippen LogP) is 2.58. The van der Waals surface area contributed by atoms with Crippen LogP contribution in [0.2, 0.25) is 0 Å². The van der Waals surface area contributed by atoms with Gasteiger partial charge in [0.2, 0.25) is 0 Å². The zero-order valence-corrected chi connectivity index (χ0v) is 11.6. The summed E-state index contributed by atoms with van der Waals surface area (Å²) in [5, 5.41) is 5.82. The molecule has 0 radical (unpaired) electrons. The summed E-state index contributed by atoms with van der Waals surface area (Å²) in [6.07, 6.45) is 5.17. The van der Waals surface area contributed by atoms with E-state index >= 15 is 0 Å². The highest BCUT2D eigenvalue weighted by atomic mass is 32.1. The fraction of sp³-hybridized carbons (Fsp3) is 0.429. The second kappa shape index (κ2) is 6.52. The van der Waals surface area contributed by atoms with Crippen molar-refractivity contribution in [2.75, 3.05) is 5.32 Å². The van der Waals surface area contributed by atoms with Crippen LogP contribution in [0.5, 0.6) is 0 Å². The molecule has 2 rings (SSSR count). The highest BCUT2D eigenvalue weighted by Gasteiger charge is 2.16. The number of urea groups is 1. The van der Waals surface area contributed by atoms with Gasteiger partial charge in [-0.2, -0.15) is 0 Å². The van der Waals surface area contributed by atoms with Crippen LogP contribution in [0.25, 0.3) is 0 Å². The first-order valence-corrected chi connectivity index (χ1v) is 6.99. The van der Waals surface area contributed by atoms with Gasteiger partial charge in [0.1, 0.15) is 0 Å². The zero-order valence-electron chi connectivity index (χ0n) is 10.8. The van der Waals surface area contributed by atoms with Gasteiger partial charge in [-0.05, 0) is 30.5 Å². The van der Waals surface area contributed by atoms with E-state index in [1.807, 2.05) is 24.3 Å². The quantitative estimate of drug-likeness (QED) is 0.741. The summed E-state index contributed by atoms with van der Waals surface area (Å²) in [4.78, 5) is 12.2. The average Bonchev–Trinajstić information content (AvgIpc) is 2.83. The fourth-order valence-corrected chi connectivity index (χ4v) is 2.50. The third-order valence-electron chi connectivity index (χ3n) is 3.28. The van der Waals surface area contributed by atoms with Gasteiger partial charge >= 0.3 is 6.03 Å². The Morgan fingerprint density at radius 3 is 2.47 bits per heavy atom. The molecule has 4 nitrogen and oxygen atoms in total. The average molecular weight is 277 g/mol. The molecule has 1 aromatic carbocycles. The molecule has 102 valence electrons. The number of anilines is 1. The first-order chi connectivity index (χ1) is 9.13. The van der Waals surface area contributed by atoms with Gasteiger partial charge in [-0.25, -0.2) is 4.79 Å².